The summed E-state index contributed by atoms with van der Waals surface area (Å²) in [6.07, 6.45) is 3.21. The van der Waals surface area contributed by atoms with Crippen LogP contribution >= 0.6 is 0 Å². The number of carbonyl (C=O) groups excluding carboxylic acids is 2. The first kappa shape index (κ1) is 17.7. The van der Waals surface area contributed by atoms with Crippen molar-refractivity contribution in [2.45, 2.75) is 13.0 Å². The molecule has 2 rings (SSSR count). The number of nitrogens with zero attached hydrogens (tertiary/aromatic N) is 1. The highest BCUT2D eigenvalue weighted by Crippen LogP contribution is 2.17. The van der Waals surface area contributed by atoms with Crippen LogP contribution in [0.15, 0.2) is 66.9 Å². The molecule has 0 atom stereocenters. The van der Waals surface area contributed by atoms with Crippen LogP contribution < -0.4 is 5.32 Å². The standard InChI is InChI=1S/C19H22N2O3/c1-3-16-17(4-2)21(12-11-20-19(16)23)18(22)10-13-24-14-15-8-6-5-7-9-15/h3-9H,1-2,10-14H2,(H,20,23). The van der Waals surface area contributed by atoms with E-state index in [2.05, 4.69) is 18.5 Å². The van der Waals surface area contributed by atoms with E-state index < -0.39 is 0 Å². The lowest BCUT2D eigenvalue weighted by atomic mass is 10.1. The maximum Gasteiger partial charge on any atom is 0.253 e. The van der Waals surface area contributed by atoms with E-state index in [0.717, 1.165) is 5.56 Å². The topological polar surface area (TPSA) is 58.6 Å². The molecular weight excluding hydrogens is 304 g/mol. The molecule has 1 N–H and O–H groups in total. The molecule has 5 nitrogen and oxygen atoms in total. The van der Waals surface area contributed by atoms with Crippen LogP contribution in [0.4, 0.5) is 0 Å². The molecule has 24 heavy (non-hydrogen) atoms. The fraction of sp³-hybridized carbons (Fsp3) is 0.263. The van der Waals surface area contributed by atoms with Crippen LogP contribution in [-0.4, -0.2) is 36.4 Å². The predicted octanol–water partition coefficient (Wildman–Crippen LogP) is 2.18. The highest BCUT2D eigenvalue weighted by atomic mass is 16.5. The van der Waals surface area contributed by atoms with Gasteiger partial charge in [-0.25, -0.2) is 0 Å². The van der Waals surface area contributed by atoms with Crippen LogP contribution in [0, 0.1) is 0 Å². The minimum atomic E-state index is -0.240. The van der Waals surface area contributed by atoms with Crippen molar-refractivity contribution in [3.8, 4) is 0 Å². The zero-order valence-corrected chi connectivity index (χ0v) is 13.7. The second-order valence-corrected chi connectivity index (χ2v) is 5.30. The van der Waals surface area contributed by atoms with Crippen molar-refractivity contribution in [2.24, 2.45) is 0 Å². The summed E-state index contributed by atoms with van der Waals surface area (Å²) in [5, 5.41) is 2.74. The Kier molecular flexibility index (Phi) is 6.51. The Balaban J connectivity index is 1.95. The molecule has 0 saturated heterocycles. The van der Waals surface area contributed by atoms with E-state index >= 15 is 0 Å². The Hall–Kier alpha value is -2.66. The smallest absolute Gasteiger partial charge is 0.253 e. The number of carbonyl (C=O) groups is 2. The molecule has 0 saturated carbocycles. The van der Waals surface area contributed by atoms with Crippen molar-refractivity contribution in [1.29, 1.82) is 0 Å². The highest BCUT2D eigenvalue weighted by Gasteiger charge is 2.24. The van der Waals surface area contributed by atoms with Crippen molar-refractivity contribution in [3.05, 3.63) is 72.5 Å². The van der Waals surface area contributed by atoms with Gasteiger partial charge in [0.1, 0.15) is 0 Å². The van der Waals surface area contributed by atoms with Gasteiger partial charge in [-0.1, -0.05) is 49.6 Å². The van der Waals surface area contributed by atoms with Crippen molar-refractivity contribution >= 4 is 11.8 Å². The summed E-state index contributed by atoms with van der Waals surface area (Å²) >= 11 is 0. The van der Waals surface area contributed by atoms with Gasteiger partial charge in [-0.3, -0.25) is 9.59 Å². The van der Waals surface area contributed by atoms with Gasteiger partial charge in [0.2, 0.25) is 5.91 Å². The average molecular weight is 326 g/mol. The summed E-state index contributed by atoms with van der Waals surface area (Å²) in [6.45, 7) is 8.95. The zero-order chi connectivity index (χ0) is 17.4. The van der Waals surface area contributed by atoms with E-state index in [1.807, 2.05) is 30.3 Å². The summed E-state index contributed by atoms with van der Waals surface area (Å²) < 4.78 is 5.56. The van der Waals surface area contributed by atoms with Crippen molar-refractivity contribution in [1.82, 2.24) is 10.2 Å². The molecule has 1 aliphatic heterocycles. The van der Waals surface area contributed by atoms with Gasteiger partial charge in [0.15, 0.2) is 0 Å². The Bertz CT molecular complexity index is 650. The molecule has 1 aromatic carbocycles. The molecule has 0 fully saturated rings. The molecule has 126 valence electrons. The molecule has 0 aromatic heterocycles. The number of ether oxygens (including phenoxy) is 1. The van der Waals surface area contributed by atoms with Gasteiger partial charge in [-0.15, -0.1) is 0 Å². The summed E-state index contributed by atoms with van der Waals surface area (Å²) in [5.41, 5.74) is 1.92. The monoisotopic (exact) mass is 326 g/mol. The van der Waals surface area contributed by atoms with Crippen LogP contribution in [0.2, 0.25) is 0 Å². The molecule has 0 spiro atoms. The third-order valence-electron chi connectivity index (χ3n) is 3.70. The molecular formula is C19H22N2O3. The van der Waals surface area contributed by atoms with E-state index in [1.165, 1.54) is 12.2 Å². The third kappa shape index (κ3) is 4.43. The van der Waals surface area contributed by atoms with E-state index in [4.69, 9.17) is 4.74 Å². The first-order valence-corrected chi connectivity index (χ1v) is 7.86. The largest absolute Gasteiger partial charge is 0.376 e. The summed E-state index contributed by atoms with van der Waals surface area (Å²) in [5.74, 6) is -0.343. The molecule has 1 aromatic rings. The molecule has 2 amide bonds. The molecule has 1 aliphatic rings. The quantitative estimate of drug-likeness (QED) is 0.781. The van der Waals surface area contributed by atoms with Crippen LogP contribution in [0.5, 0.6) is 0 Å². The summed E-state index contributed by atoms with van der Waals surface area (Å²) in [4.78, 5) is 26.0. The number of hydrogen-bond donors (Lipinski definition) is 1. The SMILES string of the molecule is C=CC1=C(C=C)N(C(=O)CCOCc2ccccc2)CCNC1=O. The molecule has 5 heteroatoms. The average Bonchev–Trinajstić information content (AvgIpc) is 2.77. The van der Waals surface area contributed by atoms with Crippen molar-refractivity contribution in [3.63, 3.8) is 0 Å². The molecule has 0 unspecified atom stereocenters. The van der Waals surface area contributed by atoms with E-state index in [1.54, 1.807) is 4.90 Å². The van der Waals surface area contributed by atoms with Gasteiger partial charge in [0.05, 0.1) is 30.9 Å². The Morgan fingerprint density at radius 2 is 2.00 bits per heavy atom. The van der Waals surface area contributed by atoms with Gasteiger partial charge < -0.3 is 15.0 Å². The second-order valence-electron chi connectivity index (χ2n) is 5.30. The van der Waals surface area contributed by atoms with Gasteiger partial charge >= 0.3 is 0 Å². The Labute approximate surface area is 142 Å². The lowest BCUT2D eigenvalue weighted by Gasteiger charge is -2.22. The highest BCUT2D eigenvalue weighted by molar-refractivity contribution is 5.98. The number of allylic oxidation sites excluding steroid dienone is 1. The van der Waals surface area contributed by atoms with E-state index in [-0.39, 0.29) is 18.2 Å². The maximum atomic E-state index is 12.5. The summed E-state index contributed by atoms with van der Waals surface area (Å²) in [6, 6.07) is 9.79. The molecule has 0 radical (unpaired) electrons. The zero-order valence-electron chi connectivity index (χ0n) is 13.7. The number of benzene rings is 1. The van der Waals surface area contributed by atoms with E-state index in [0.29, 0.717) is 37.6 Å². The molecule has 1 heterocycles. The minimum Gasteiger partial charge on any atom is -0.376 e. The first-order valence-electron chi connectivity index (χ1n) is 7.86. The van der Waals surface area contributed by atoms with Crippen molar-refractivity contribution < 1.29 is 14.3 Å². The Morgan fingerprint density at radius 1 is 1.25 bits per heavy atom. The predicted molar refractivity (Wildman–Crippen MR) is 92.9 cm³/mol. The van der Waals surface area contributed by atoms with Crippen LogP contribution in [0.1, 0.15) is 12.0 Å². The minimum absolute atomic E-state index is 0.103. The van der Waals surface area contributed by atoms with E-state index in [9.17, 15) is 9.59 Å². The number of amides is 2. The molecule has 0 aliphatic carbocycles. The van der Waals surface area contributed by atoms with Gasteiger partial charge in [0, 0.05) is 13.1 Å². The lowest BCUT2D eigenvalue weighted by Crippen LogP contribution is -2.34. The second kappa shape index (κ2) is 8.84. The van der Waals surface area contributed by atoms with Crippen LogP contribution in [0.25, 0.3) is 0 Å². The Morgan fingerprint density at radius 3 is 2.67 bits per heavy atom. The van der Waals surface area contributed by atoms with Crippen molar-refractivity contribution in [2.75, 3.05) is 19.7 Å². The lowest BCUT2D eigenvalue weighted by molar-refractivity contribution is -0.130. The van der Waals surface area contributed by atoms with Crippen LogP contribution in [0.3, 0.4) is 0 Å². The third-order valence-corrected chi connectivity index (χ3v) is 3.70. The summed E-state index contributed by atoms with van der Waals surface area (Å²) in [7, 11) is 0. The number of nitrogens with one attached hydrogen (secondary N) is 1. The molecule has 0 bridgehead atoms. The van der Waals surface area contributed by atoms with Gasteiger partial charge in [-0.05, 0) is 11.6 Å². The fourth-order valence-corrected chi connectivity index (χ4v) is 2.49. The van der Waals surface area contributed by atoms with Gasteiger partial charge in [-0.2, -0.15) is 0 Å². The van der Waals surface area contributed by atoms with Crippen LogP contribution in [-0.2, 0) is 20.9 Å². The van der Waals surface area contributed by atoms with Gasteiger partial charge in [0.25, 0.3) is 5.91 Å². The fourth-order valence-electron chi connectivity index (χ4n) is 2.49. The normalized spacial score (nSPS) is 14.8. The number of rotatable bonds is 7. The number of hydrogen-bond acceptors (Lipinski definition) is 3. The first-order chi connectivity index (χ1) is 11.7. The maximum absolute atomic E-state index is 12.5.